The molecule has 1 rings (SSSR count). The summed E-state index contributed by atoms with van der Waals surface area (Å²) in [5.74, 6) is -2.07. The summed E-state index contributed by atoms with van der Waals surface area (Å²) in [6.07, 6.45) is 3.71. The molecule has 0 radical (unpaired) electrons. The Labute approximate surface area is 118 Å². The zero-order valence-electron chi connectivity index (χ0n) is 11.9. The molecule has 0 aromatic heterocycles. The average molecular weight is 282 g/mol. The molecule has 0 amide bonds. The Kier molecular flexibility index (Phi) is 8.83. The molecule has 1 aromatic carbocycles. The maximum atomic E-state index is 10.4. The first-order valence-corrected chi connectivity index (χ1v) is 6.68. The Morgan fingerprint density at radius 3 is 2.10 bits per heavy atom. The van der Waals surface area contributed by atoms with Crippen LogP contribution in [0.5, 0.6) is 5.75 Å². The van der Waals surface area contributed by atoms with E-state index in [4.69, 9.17) is 15.3 Å². The molecule has 0 aliphatic rings. The van der Waals surface area contributed by atoms with Crippen molar-refractivity contribution in [3.63, 3.8) is 0 Å². The van der Waals surface area contributed by atoms with E-state index in [9.17, 15) is 9.59 Å². The molecule has 0 fully saturated rings. The van der Waals surface area contributed by atoms with Crippen molar-refractivity contribution in [2.24, 2.45) is 5.92 Å². The summed E-state index contributed by atoms with van der Waals surface area (Å²) < 4.78 is 0. The van der Waals surface area contributed by atoms with Crippen molar-refractivity contribution in [3.8, 4) is 5.75 Å². The van der Waals surface area contributed by atoms with Gasteiger partial charge in [0.05, 0.1) is 5.92 Å². The number of hydrogen-bond acceptors (Lipinski definition) is 3. The summed E-state index contributed by atoms with van der Waals surface area (Å²) >= 11 is 0. The zero-order chi connectivity index (χ0) is 15.5. The van der Waals surface area contributed by atoms with Gasteiger partial charge in [0.1, 0.15) is 11.3 Å². The van der Waals surface area contributed by atoms with Crippen LogP contribution in [0.2, 0.25) is 0 Å². The molecule has 1 atom stereocenters. The molecule has 0 bridgehead atoms. The van der Waals surface area contributed by atoms with E-state index >= 15 is 0 Å². The van der Waals surface area contributed by atoms with Gasteiger partial charge >= 0.3 is 11.9 Å². The molecule has 3 N–H and O–H groups in total. The largest absolute Gasteiger partial charge is 0.507 e. The summed E-state index contributed by atoms with van der Waals surface area (Å²) in [4.78, 5) is 20.7. The molecule has 0 aliphatic heterocycles. The Balaban J connectivity index is 0.000000361. The normalized spacial score (nSPS) is 11.1. The number of para-hydroxylation sites is 1. The molecule has 0 saturated carbocycles. The number of aromatic carboxylic acids is 1. The van der Waals surface area contributed by atoms with E-state index < -0.39 is 11.9 Å². The number of carboxylic acids is 2. The van der Waals surface area contributed by atoms with Gasteiger partial charge in [0, 0.05) is 0 Å². The molecular weight excluding hydrogens is 260 g/mol. The SMILES string of the molecule is CCCCC(CC)C(=O)O.O=C(O)c1ccccc1O. The van der Waals surface area contributed by atoms with E-state index in [1.165, 1.54) is 12.1 Å². The number of aromatic hydroxyl groups is 1. The van der Waals surface area contributed by atoms with Crippen molar-refractivity contribution in [3.05, 3.63) is 29.8 Å². The third-order valence-electron chi connectivity index (χ3n) is 2.88. The molecule has 5 nitrogen and oxygen atoms in total. The van der Waals surface area contributed by atoms with Crippen LogP contribution in [0.4, 0.5) is 0 Å². The minimum Gasteiger partial charge on any atom is -0.507 e. The van der Waals surface area contributed by atoms with Crippen molar-refractivity contribution < 1.29 is 24.9 Å². The summed E-state index contributed by atoms with van der Waals surface area (Å²) in [5, 5.41) is 25.9. The number of aliphatic carboxylic acids is 1. The number of phenols is 1. The van der Waals surface area contributed by atoms with Gasteiger partial charge in [-0.3, -0.25) is 4.79 Å². The Bertz CT molecular complexity index is 428. The number of rotatable bonds is 6. The van der Waals surface area contributed by atoms with E-state index in [1.807, 2.05) is 6.92 Å². The predicted molar refractivity (Wildman–Crippen MR) is 76.0 cm³/mol. The van der Waals surface area contributed by atoms with Crippen LogP contribution in [0.25, 0.3) is 0 Å². The Morgan fingerprint density at radius 2 is 1.75 bits per heavy atom. The fourth-order valence-corrected chi connectivity index (χ4v) is 1.61. The van der Waals surface area contributed by atoms with Crippen LogP contribution in [0.15, 0.2) is 24.3 Å². The van der Waals surface area contributed by atoms with E-state index in [1.54, 1.807) is 12.1 Å². The first-order chi connectivity index (χ1) is 9.43. The standard InChI is InChI=1S/C8H16O2.C7H6O3/c1-3-5-6-7(4-2)8(9)10;8-6-4-2-1-3-5(6)7(9)10/h7H,3-6H2,1-2H3,(H,9,10);1-4,8H,(H,9,10). The predicted octanol–water partition coefficient (Wildman–Crippen LogP) is 3.38. The molecule has 5 heteroatoms. The van der Waals surface area contributed by atoms with Crippen LogP contribution in [-0.4, -0.2) is 27.3 Å². The average Bonchev–Trinajstić information content (AvgIpc) is 2.40. The topological polar surface area (TPSA) is 94.8 Å². The van der Waals surface area contributed by atoms with Crippen molar-refractivity contribution in [2.45, 2.75) is 39.5 Å². The summed E-state index contributed by atoms with van der Waals surface area (Å²) in [7, 11) is 0. The first kappa shape index (κ1) is 18.0. The number of hydrogen-bond donors (Lipinski definition) is 3. The molecule has 20 heavy (non-hydrogen) atoms. The molecule has 0 saturated heterocycles. The van der Waals surface area contributed by atoms with Gasteiger partial charge in [-0.15, -0.1) is 0 Å². The summed E-state index contributed by atoms with van der Waals surface area (Å²) in [6.45, 7) is 4.00. The lowest BCUT2D eigenvalue weighted by Gasteiger charge is -2.06. The van der Waals surface area contributed by atoms with Gasteiger partial charge in [-0.25, -0.2) is 4.79 Å². The Morgan fingerprint density at radius 1 is 1.15 bits per heavy atom. The van der Waals surface area contributed by atoms with Crippen molar-refractivity contribution in [2.75, 3.05) is 0 Å². The Hall–Kier alpha value is -2.04. The number of benzene rings is 1. The van der Waals surface area contributed by atoms with Crippen LogP contribution in [0.3, 0.4) is 0 Å². The molecule has 0 heterocycles. The fourth-order valence-electron chi connectivity index (χ4n) is 1.61. The van der Waals surface area contributed by atoms with E-state index in [0.29, 0.717) is 0 Å². The second-order valence-corrected chi connectivity index (χ2v) is 4.41. The fraction of sp³-hybridized carbons (Fsp3) is 0.467. The van der Waals surface area contributed by atoms with Crippen LogP contribution < -0.4 is 0 Å². The maximum absolute atomic E-state index is 10.4. The van der Waals surface area contributed by atoms with Gasteiger partial charge in [-0.05, 0) is 25.0 Å². The van der Waals surface area contributed by atoms with Gasteiger partial charge < -0.3 is 15.3 Å². The van der Waals surface area contributed by atoms with Gasteiger partial charge in [0.25, 0.3) is 0 Å². The van der Waals surface area contributed by atoms with Gasteiger partial charge in [0.15, 0.2) is 0 Å². The highest BCUT2D eigenvalue weighted by Crippen LogP contribution is 2.14. The molecule has 0 spiro atoms. The van der Waals surface area contributed by atoms with Crippen LogP contribution in [-0.2, 0) is 4.79 Å². The molecule has 112 valence electrons. The van der Waals surface area contributed by atoms with Gasteiger partial charge in [0.2, 0.25) is 0 Å². The summed E-state index contributed by atoms with van der Waals surface area (Å²) in [5.41, 5.74) is -0.0671. The van der Waals surface area contributed by atoms with Crippen molar-refractivity contribution >= 4 is 11.9 Å². The molecular formula is C15H22O5. The highest BCUT2D eigenvalue weighted by molar-refractivity contribution is 5.90. The summed E-state index contributed by atoms with van der Waals surface area (Å²) in [6, 6.07) is 5.81. The van der Waals surface area contributed by atoms with Crippen LogP contribution in [0.1, 0.15) is 49.9 Å². The second-order valence-electron chi connectivity index (χ2n) is 4.41. The van der Waals surface area contributed by atoms with E-state index in [0.717, 1.165) is 25.7 Å². The van der Waals surface area contributed by atoms with Crippen molar-refractivity contribution in [1.82, 2.24) is 0 Å². The third-order valence-corrected chi connectivity index (χ3v) is 2.88. The number of carboxylic acid groups (broad SMARTS) is 2. The lowest BCUT2D eigenvalue weighted by Crippen LogP contribution is -2.11. The highest BCUT2D eigenvalue weighted by Gasteiger charge is 2.12. The number of unbranched alkanes of at least 4 members (excludes halogenated alkanes) is 1. The van der Waals surface area contributed by atoms with Crippen LogP contribution in [0, 0.1) is 5.92 Å². The lowest BCUT2D eigenvalue weighted by atomic mass is 10.00. The van der Waals surface area contributed by atoms with Crippen molar-refractivity contribution in [1.29, 1.82) is 0 Å². The van der Waals surface area contributed by atoms with E-state index in [-0.39, 0.29) is 17.2 Å². The third kappa shape index (κ3) is 6.78. The quantitative estimate of drug-likeness (QED) is 0.743. The lowest BCUT2D eigenvalue weighted by molar-refractivity contribution is -0.142. The molecule has 0 aliphatic carbocycles. The zero-order valence-corrected chi connectivity index (χ0v) is 11.9. The minimum absolute atomic E-state index is 0.0671. The monoisotopic (exact) mass is 282 g/mol. The smallest absolute Gasteiger partial charge is 0.339 e. The molecule has 1 unspecified atom stereocenters. The van der Waals surface area contributed by atoms with E-state index in [2.05, 4.69) is 6.92 Å². The van der Waals surface area contributed by atoms with Gasteiger partial charge in [-0.2, -0.15) is 0 Å². The maximum Gasteiger partial charge on any atom is 0.339 e. The second kappa shape index (κ2) is 9.83. The van der Waals surface area contributed by atoms with Gasteiger partial charge in [-0.1, -0.05) is 38.8 Å². The molecule has 1 aromatic rings. The van der Waals surface area contributed by atoms with Crippen LogP contribution >= 0.6 is 0 Å². The minimum atomic E-state index is -1.11. The highest BCUT2D eigenvalue weighted by atomic mass is 16.4. The number of carbonyl (C=O) groups is 2. The first-order valence-electron chi connectivity index (χ1n) is 6.68.